The predicted molar refractivity (Wildman–Crippen MR) is 166 cm³/mol. The Kier molecular flexibility index (Phi) is 8.43. The number of aromatic nitrogens is 2. The maximum atomic E-state index is 5.76. The third-order valence-corrected chi connectivity index (χ3v) is 8.83. The molecule has 1 atom stereocenters. The summed E-state index contributed by atoms with van der Waals surface area (Å²) in [6.45, 7) is 10.0. The van der Waals surface area contributed by atoms with E-state index in [4.69, 9.17) is 14.5 Å². The number of imidazole rings is 1. The Morgan fingerprint density at radius 1 is 0.854 bits per heavy atom. The molecule has 0 amide bonds. The fourth-order valence-corrected chi connectivity index (χ4v) is 6.62. The van der Waals surface area contributed by atoms with Crippen LogP contribution in [0.1, 0.15) is 81.3 Å². The second-order valence-corrected chi connectivity index (χ2v) is 11.4. The van der Waals surface area contributed by atoms with Crippen molar-refractivity contribution < 1.29 is 9.47 Å². The molecule has 0 bridgehead atoms. The van der Waals surface area contributed by atoms with E-state index in [-0.39, 0.29) is 0 Å². The van der Waals surface area contributed by atoms with Crippen molar-refractivity contribution in [3.05, 3.63) is 89.1 Å². The van der Waals surface area contributed by atoms with E-state index in [1.54, 1.807) is 0 Å². The van der Waals surface area contributed by atoms with Crippen LogP contribution in [0.4, 0.5) is 0 Å². The summed E-state index contributed by atoms with van der Waals surface area (Å²) in [5, 5.41) is 0. The van der Waals surface area contributed by atoms with Crippen molar-refractivity contribution in [1.29, 1.82) is 0 Å². The molecule has 1 fully saturated rings. The summed E-state index contributed by atoms with van der Waals surface area (Å²) in [5.74, 6) is 2.86. The third-order valence-electron chi connectivity index (χ3n) is 8.83. The zero-order valence-corrected chi connectivity index (χ0v) is 24.9. The lowest BCUT2D eigenvalue weighted by atomic mass is 9.94. The number of hydrogen-bond acceptors (Lipinski definition) is 4. The van der Waals surface area contributed by atoms with Gasteiger partial charge in [-0.1, -0.05) is 88.2 Å². The standard InChI is InChI=1S/C36H43N3O2/c1-4-7-22-39-31(24-38-21-12-11-18-30(38)29-19-20-32-33(23-29)41-25-40-32)35(28-14-9-8-10-15-28)37-36(39)34-26(5-2)16-13-17-27(34)6-3/h8-10,13-17,19-20,23,30H,4-7,11-12,18,21-22,24-25H2,1-3H3. The first-order chi connectivity index (χ1) is 20.2. The highest BCUT2D eigenvalue weighted by atomic mass is 16.7. The second kappa shape index (κ2) is 12.5. The summed E-state index contributed by atoms with van der Waals surface area (Å²) in [6, 6.07) is 24.5. The first kappa shape index (κ1) is 27.6. The quantitative estimate of drug-likeness (QED) is 0.199. The van der Waals surface area contributed by atoms with Crippen LogP contribution in [0.25, 0.3) is 22.6 Å². The van der Waals surface area contributed by atoms with Crippen LogP contribution in [0, 0.1) is 0 Å². The van der Waals surface area contributed by atoms with E-state index < -0.39 is 0 Å². The van der Waals surface area contributed by atoms with Crippen molar-refractivity contribution in [1.82, 2.24) is 14.5 Å². The molecule has 5 heteroatoms. The third kappa shape index (κ3) is 5.52. The van der Waals surface area contributed by atoms with E-state index in [1.165, 1.54) is 46.4 Å². The van der Waals surface area contributed by atoms with E-state index in [0.29, 0.717) is 12.8 Å². The van der Waals surface area contributed by atoms with Crippen molar-refractivity contribution in [2.45, 2.75) is 84.8 Å². The molecule has 5 nitrogen and oxygen atoms in total. The van der Waals surface area contributed by atoms with E-state index in [9.17, 15) is 0 Å². The number of rotatable bonds is 10. The van der Waals surface area contributed by atoms with Crippen LogP contribution in [-0.2, 0) is 25.9 Å². The molecule has 1 unspecified atom stereocenters. The molecule has 1 saturated heterocycles. The van der Waals surface area contributed by atoms with Gasteiger partial charge in [-0.15, -0.1) is 0 Å². The molecule has 2 aliphatic heterocycles. The van der Waals surface area contributed by atoms with Crippen molar-refractivity contribution in [2.24, 2.45) is 0 Å². The molecule has 3 heterocycles. The highest BCUT2D eigenvalue weighted by Crippen LogP contribution is 2.41. The van der Waals surface area contributed by atoms with Gasteiger partial charge in [0.25, 0.3) is 0 Å². The molecule has 41 heavy (non-hydrogen) atoms. The Morgan fingerprint density at radius 2 is 1.63 bits per heavy atom. The predicted octanol–water partition coefficient (Wildman–Crippen LogP) is 8.60. The summed E-state index contributed by atoms with van der Waals surface area (Å²) < 4.78 is 14.0. The van der Waals surface area contributed by atoms with Crippen molar-refractivity contribution in [2.75, 3.05) is 13.3 Å². The topological polar surface area (TPSA) is 39.5 Å². The van der Waals surface area contributed by atoms with Crippen molar-refractivity contribution in [3.8, 4) is 34.1 Å². The average Bonchev–Trinajstić information content (AvgIpc) is 3.64. The summed E-state index contributed by atoms with van der Waals surface area (Å²) in [7, 11) is 0. The Hall–Kier alpha value is -3.57. The molecule has 0 aliphatic carbocycles. The van der Waals surface area contributed by atoms with Crippen molar-refractivity contribution in [3.63, 3.8) is 0 Å². The van der Waals surface area contributed by atoms with Gasteiger partial charge in [0.1, 0.15) is 5.82 Å². The van der Waals surface area contributed by atoms with Crippen LogP contribution < -0.4 is 9.47 Å². The van der Waals surface area contributed by atoms with Crippen LogP contribution >= 0.6 is 0 Å². The molecule has 214 valence electrons. The van der Waals surface area contributed by atoms with Gasteiger partial charge in [0.15, 0.2) is 11.5 Å². The van der Waals surface area contributed by atoms with E-state index in [0.717, 1.165) is 74.8 Å². The van der Waals surface area contributed by atoms with Crippen LogP contribution in [0.2, 0.25) is 0 Å². The summed E-state index contributed by atoms with van der Waals surface area (Å²) in [6.07, 6.45) is 7.88. The normalized spacial score (nSPS) is 16.8. The van der Waals surface area contributed by atoms with Gasteiger partial charge < -0.3 is 14.0 Å². The fourth-order valence-electron chi connectivity index (χ4n) is 6.62. The summed E-state index contributed by atoms with van der Waals surface area (Å²) >= 11 is 0. The largest absolute Gasteiger partial charge is 0.454 e. The van der Waals surface area contributed by atoms with Gasteiger partial charge >= 0.3 is 0 Å². The molecule has 0 radical (unpaired) electrons. The molecular weight excluding hydrogens is 506 g/mol. The van der Waals surface area contributed by atoms with Crippen LogP contribution in [-0.4, -0.2) is 27.8 Å². The summed E-state index contributed by atoms with van der Waals surface area (Å²) in [4.78, 5) is 8.21. The van der Waals surface area contributed by atoms with Crippen LogP contribution in [0.15, 0.2) is 66.7 Å². The average molecular weight is 550 g/mol. The molecule has 4 aromatic rings. The zero-order valence-electron chi connectivity index (χ0n) is 24.9. The molecule has 0 saturated carbocycles. The minimum Gasteiger partial charge on any atom is -0.454 e. The van der Waals surface area contributed by atoms with E-state index >= 15 is 0 Å². The number of aryl methyl sites for hydroxylation is 2. The number of piperidine rings is 1. The van der Waals surface area contributed by atoms with Crippen molar-refractivity contribution >= 4 is 0 Å². The smallest absolute Gasteiger partial charge is 0.231 e. The van der Waals surface area contributed by atoms with Gasteiger partial charge in [-0.3, -0.25) is 4.90 Å². The lowest BCUT2D eigenvalue weighted by molar-refractivity contribution is 0.137. The maximum absolute atomic E-state index is 5.76. The SMILES string of the molecule is CCCCn1c(-c2c(CC)cccc2CC)nc(-c2ccccc2)c1CN1CCCCC1c1ccc2c(c1)OCO2. The number of ether oxygens (including phenoxy) is 2. The minimum atomic E-state index is 0.311. The molecule has 1 aromatic heterocycles. The highest BCUT2D eigenvalue weighted by Gasteiger charge is 2.30. The number of hydrogen-bond donors (Lipinski definition) is 0. The van der Waals surface area contributed by atoms with Crippen LogP contribution in [0.5, 0.6) is 11.5 Å². The van der Waals surface area contributed by atoms with Gasteiger partial charge in [0.2, 0.25) is 6.79 Å². The minimum absolute atomic E-state index is 0.311. The maximum Gasteiger partial charge on any atom is 0.231 e. The van der Waals surface area contributed by atoms with Gasteiger partial charge in [-0.2, -0.15) is 0 Å². The molecule has 0 N–H and O–H groups in total. The van der Waals surface area contributed by atoms with Gasteiger partial charge in [0, 0.05) is 30.3 Å². The number of unbranched alkanes of at least 4 members (excludes halogenated alkanes) is 1. The van der Waals surface area contributed by atoms with Crippen LogP contribution in [0.3, 0.4) is 0 Å². The van der Waals surface area contributed by atoms with Gasteiger partial charge in [0.05, 0.1) is 11.4 Å². The van der Waals surface area contributed by atoms with Gasteiger partial charge in [-0.25, -0.2) is 4.98 Å². The molecule has 0 spiro atoms. The zero-order chi connectivity index (χ0) is 28.2. The number of benzene rings is 3. The molecule has 2 aliphatic rings. The molecule has 3 aromatic carbocycles. The first-order valence-corrected chi connectivity index (χ1v) is 15.6. The molecular formula is C36H43N3O2. The Bertz CT molecular complexity index is 1450. The van der Waals surface area contributed by atoms with E-state index in [2.05, 4.69) is 97.0 Å². The number of nitrogens with zero attached hydrogens (tertiary/aromatic N) is 3. The number of fused-ring (bicyclic) bond motifs is 1. The lowest BCUT2D eigenvalue weighted by Gasteiger charge is -2.36. The Balaban J connectivity index is 1.49. The monoisotopic (exact) mass is 549 g/mol. The first-order valence-electron chi connectivity index (χ1n) is 15.6. The second-order valence-electron chi connectivity index (χ2n) is 11.4. The fraction of sp³-hybridized carbons (Fsp3) is 0.417. The van der Waals surface area contributed by atoms with E-state index in [1.807, 2.05) is 0 Å². The lowest BCUT2D eigenvalue weighted by Crippen LogP contribution is -2.34. The molecule has 6 rings (SSSR count). The number of likely N-dealkylation sites (tertiary alicyclic amines) is 1. The van der Waals surface area contributed by atoms with Gasteiger partial charge in [-0.05, 0) is 67.5 Å². The highest BCUT2D eigenvalue weighted by molar-refractivity contribution is 5.72. The Morgan fingerprint density at radius 3 is 2.39 bits per heavy atom. The summed E-state index contributed by atoms with van der Waals surface area (Å²) in [5.41, 5.74) is 9.08. The Labute approximate surface area is 245 Å².